The second kappa shape index (κ2) is 8.82. The molecule has 1 aliphatic rings. The third-order valence-electron chi connectivity index (χ3n) is 4.13. The topological polar surface area (TPSA) is 62.7 Å². The SMILES string of the molecule is CN=C(NCCC(=O)OC)NC1CCC(C(C)C)CC1. The molecule has 1 fully saturated rings. The van der Waals surface area contributed by atoms with Crippen molar-refractivity contribution in [1.82, 2.24) is 10.6 Å². The fourth-order valence-corrected chi connectivity index (χ4v) is 2.70. The molecule has 1 saturated carbocycles. The minimum Gasteiger partial charge on any atom is -0.469 e. The van der Waals surface area contributed by atoms with Crippen LogP contribution in [0.15, 0.2) is 4.99 Å². The largest absolute Gasteiger partial charge is 0.469 e. The van der Waals surface area contributed by atoms with Gasteiger partial charge in [-0.15, -0.1) is 0 Å². The van der Waals surface area contributed by atoms with Crippen LogP contribution in [0.1, 0.15) is 46.0 Å². The van der Waals surface area contributed by atoms with Gasteiger partial charge in [0.05, 0.1) is 13.5 Å². The van der Waals surface area contributed by atoms with Gasteiger partial charge in [0.25, 0.3) is 0 Å². The van der Waals surface area contributed by atoms with E-state index in [1.165, 1.54) is 32.8 Å². The second-order valence-corrected chi connectivity index (χ2v) is 5.83. The Morgan fingerprint density at radius 2 is 1.95 bits per heavy atom. The number of nitrogens with one attached hydrogen (secondary N) is 2. The molecule has 0 spiro atoms. The first kappa shape index (κ1) is 16.8. The van der Waals surface area contributed by atoms with Gasteiger partial charge in [-0.25, -0.2) is 0 Å². The van der Waals surface area contributed by atoms with E-state index >= 15 is 0 Å². The molecule has 1 aliphatic carbocycles. The summed E-state index contributed by atoms with van der Waals surface area (Å²) in [6.07, 6.45) is 5.32. The maximum absolute atomic E-state index is 11.0. The van der Waals surface area contributed by atoms with Crippen molar-refractivity contribution in [3.8, 4) is 0 Å². The van der Waals surface area contributed by atoms with E-state index in [2.05, 4.69) is 34.2 Å². The van der Waals surface area contributed by atoms with E-state index in [4.69, 9.17) is 0 Å². The van der Waals surface area contributed by atoms with Gasteiger partial charge >= 0.3 is 5.97 Å². The first-order valence-corrected chi connectivity index (χ1v) is 7.60. The fourth-order valence-electron chi connectivity index (χ4n) is 2.70. The lowest BCUT2D eigenvalue weighted by atomic mass is 9.80. The van der Waals surface area contributed by atoms with Crippen LogP contribution in [0.2, 0.25) is 0 Å². The Balaban J connectivity index is 2.26. The number of esters is 1. The highest BCUT2D eigenvalue weighted by atomic mass is 16.5. The van der Waals surface area contributed by atoms with E-state index in [9.17, 15) is 4.79 Å². The zero-order valence-electron chi connectivity index (χ0n) is 13.2. The summed E-state index contributed by atoms with van der Waals surface area (Å²) in [7, 11) is 3.16. The number of hydrogen-bond acceptors (Lipinski definition) is 3. The maximum atomic E-state index is 11.0. The van der Waals surface area contributed by atoms with Crippen LogP contribution >= 0.6 is 0 Å². The number of guanidine groups is 1. The molecule has 0 heterocycles. The second-order valence-electron chi connectivity index (χ2n) is 5.83. The smallest absolute Gasteiger partial charge is 0.307 e. The van der Waals surface area contributed by atoms with Crippen molar-refractivity contribution in [3.63, 3.8) is 0 Å². The highest BCUT2D eigenvalue weighted by Gasteiger charge is 2.23. The average Bonchev–Trinajstić information content (AvgIpc) is 2.46. The lowest BCUT2D eigenvalue weighted by Crippen LogP contribution is -2.45. The summed E-state index contributed by atoms with van der Waals surface area (Å²) in [5.41, 5.74) is 0. The molecule has 0 aromatic heterocycles. The number of hydrogen-bond donors (Lipinski definition) is 2. The summed E-state index contributed by atoms with van der Waals surface area (Å²) >= 11 is 0. The summed E-state index contributed by atoms with van der Waals surface area (Å²) in [6, 6.07) is 0.495. The van der Waals surface area contributed by atoms with Crippen molar-refractivity contribution < 1.29 is 9.53 Å². The lowest BCUT2D eigenvalue weighted by molar-refractivity contribution is -0.140. The molecule has 0 radical (unpaired) electrons. The van der Waals surface area contributed by atoms with Gasteiger partial charge in [0.15, 0.2) is 5.96 Å². The Hall–Kier alpha value is -1.26. The van der Waals surface area contributed by atoms with E-state index in [0.29, 0.717) is 19.0 Å². The van der Waals surface area contributed by atoms with Crippen LogP contribution in [-0.4, -0.2) is 38.7 Å². The predicted octanol–water partition coefficient (Wildman–Crippen LogP) is 1.93. The monoisotopic (exact) mass is 283 g/mol. The average molecular weight is 283 g/mol. The molecule has 0 atom stereocenters. The van der Waals surface area contributed by atoms with Crippen LogP contribution in [0.5, 0.6) is 0 Å². The molecule has 0 amide bonds. The fraction of sp³-hybridized carbons (Fsp3) is 0.867. The Morgan fingerprint density at radius 1 is 1.30 bits per heavy atom. The molecule has 20 heavy (non-hydrogen) atoms. The van der Waals surface area contributed by atoms with E-state index in [1.807, 2.05) is 0 Å². The summed E-state index contributed by atoms with van der Waals surface area (Å²) < 4.78 is 4.61. The standard InChI is InChI=1S/C15H29N3O2/c1-11(2)12-5-7-13(8-6-12)18-15(16-3)17-10-9-14(19)20-4/h11-13H,5-10H2,1-4H3,(H2,16,17,18). The maximum Gasteiger partial charge on any atom is 0.307 e. The number of rotatable bonds is 5. The van der Waals surface area contributed by atoms with Crippen LogP contribution in [0.4, 0.5) is 0 Å². The Kier molecular flexibility index (Phi) is 7.41. The Bertz CT molecular complexity index is 321. The molecular formula is C15H29N3O2. The summed E-state index contributed by atoms with van der Waals surface area (Å²) in [4.78, 5) is 15.3. The third kappa shape index (κ3) is 5.80. The summed E-state index contributed by atoms with van der Waals surface area (Å²) in [5.74, 6) is 2.23. The van der Waals surface area contributed by atoms with Crippen LogP contribution in [-0.2, 0) is 9.53 Å². The molecule has 116 valence electrons. The molecular weight excluding hydrogens is 254 g/mol. The molecule has 1 rings (SSSR count). The number of carbonyl (C=O) groups excluding carboxylic acids is 1. The van der Waals surface area contributed by atoms with Gasteiger partial charge in [-0.2, -0.15) is 0 Å². The molecule has 0 unspecified atom stereocenters. The molecule has 0 saturated heterocycles. The molecule has 0 aliphatic heterocycles. The first-order valence-electron chi connectivity index (χ1n) is 7.60. The van der Waals surface area contributed by atoms with E-state index in [1.54, 1.807) is 7.05 Å². The van der Waals surface area contributed by atoms with Gasteiger partial charge < -0.3 is 15.4 Å². The minimum atomic E-state index is -0.203. The third-order valence-corrected chi connectivity index (χ3v) is 4.13. The number of ether oxygens (including phenoxy) is 1. The molecule has 0 aromatic carbocycles. The molecule has 5 nitrogen and oxygen atoms in total. The van der Waals surface area contributed by atoms with Crippen molar-refractivity contribution in [2.75, 3.05) is 20.7 Å². The molecule has 5 heteroatoms. The Morgan fingerprint density at radius 3 is 2.45 bits per heavy atom. The number of carbonyl (C=O) groups is 1. The minimum absolute atomic E-state index is 0.203. The van der Waals surface area contributed by atoms with Gasteiger partial charge in [-0.3, -0.25) is 9.79 Å². The van der Waals surface area contributed by atoms with E-state index < -0.39 is 0 Å². The van der Waals surface area contributed by atoms with Crippen molar-refractivity contribution in [1.29, 1.82) is 0 Å². The van der Waals surface area contributed by atoms with Gasteiger partial charge in [-0.05, 0) is 37.5 Å². The summed E-state index contributed by atoms with van der Waals surface area (Å²) in [5, 5.41) is 6.60. The molecule has 2 N–H and O–H groups in total. The van der Waals surface area contributed by atoms with Gasteiger partial charge in [-0.1, -0.05) is 13.8 Å². The normalized spacial score (nSPS) is 23.6. The Labute approximate surface area is 122 Å². The number of nitrogens with zero attached hydrogens (tertiary/aromatic N) is 1. The highest BCUT2D eigenvalue weighted by molar-refractivity contribution is 5.80. The zero-order chi connectivity index (χ0) is 15.0. The molecule has 0 bridgehead atoms. The number of methoxy groups -OCH3 is 1. The van der Waals surface area contributed by atoms with Crippen LogP contribution in [0.3, 0.4) is 0 Å². The van der Waals surface area contributed by atoms with Crippen LogP contribution in [0.25, 0.3) is 0 Å². The predicted molar refractivity (Wildman–Crippen MR) is 81.7 cm³/mol. The quantitative estimate of drug-likeness (QED) is 0.460. The van der Waals surface area contributed by atoms with Crippen molar-refractivity contribution >= 4 is 11.9 Å². The van der Waals surface area contributed by atoms with Gasteiger partial charge in [0, 0.05) is 19.6 Å². The zero-order valence-corrected chi connectivity index (χ0v) is 13.2. The summed E-state index contributed by atoms with van der Waals surface area (Å²) in [6.45, 7) is 5.17. The van der Waals surface area contributed by atoms with E-state index in [-0.39, 0.29) is 5.97 Å². The lowest BCUT2D eigenvalue weighted by Gasteiger charge is -2.32. The molecule has 0 aromatic rings. The van der Waals surface area contributed by atoms with Crippen molar-refractivity contribution in [2.24, 2.45) is 16.8 Å². The van der Waals surface area contributed by atoms with Crippen molar-refractivity contribution in [3.05, 3.63) is 0 Å². The van der Waals surface area contributed by atoms with Gasteiger partial charge in [0.1, 0.15) is 0 Å². The number of aliphatic imine (C=N–C) groups is 1. The van der Waals surface area contributed by atoms with Gasteiger partial charge in [0.2, 0.25) is 0 Å². The van der Waals surface area contributed by atoms with Crippen molar-refractivity contribution in [2.45, 2.75) is 52.0 Å². The van der Waals surface area contributed by atoms with Crippen LogP contribution in [0, 0.1) is 11.8 Å². The highest BCUT2D eigenvalue weighted by Crippen LogP contribution is 2.29. The van der Waals surface area contributed by atoms with E-state index in [0.717, 1.165) is 17.8 Å². The van der Waals surface area contributed by atoms with Crippen LogP contribution < -0.4 is 10.6 Å². The first-order chi connectivity index (χ1) is 9.56.